The number of hydrogen-bond acceptors (Lipinski definition) is 4. The summed E-state index contributed by atoms with van der Waals surface area (Å²) in [6, 6.07) is 9.66. The molecule has 0 saturated carbocycles. The minimum atomic E-state index is -0.284. The molecule has 3 aromatic rings. The molecule has 1 aromatic carbocycles. The van der Waals surface area contributed by atoms with E-state index in [0.29, 0.717) is 23.2 Å². The smallest absolute Gasteiger partial charge is 0.159 e. The maximum absolute atomic E-state index is 13.0. The van der Waals surface area contributed by atoms with E-state index in [-0.39, 0.29) is 5.82 Å². The second kappa shape index (κ2) is 4.97. The molecule has 0 amide bonds. The van der Waals surface area contributed by atoms with Gasteiger partial charge in [-0.05, 0) is 38.1 Å². The Bertz CT molecular complexity index is 772. The summed E-state index contributed by atoms with van der Waals surface area (Å²) < 4.78 is 14.5. The molecule has 0 bridgehead atoms. The zero-order valence-corrected chi connectivity index (χ0v) is 11.7. The van der Waals surface area contributed by atoms with Gasteiger partial charge in [-0.2, -0.15) is 9.78 Å². The summed E-state index contributed by atoms with van der Waals surface area (Å²) in [5, 5.41) is 4.44. The Kier molecular flexibility index (Phi) is 3.13. The van der Waals surface area contributed by atoms with Gasteiger partial charge in [-0.15, -0.1) is 0 Å². The first kappa shape index (κ1) is 13.2. The molecular formula is C15H14FN5. The van der Waals surface area contributed by atoms with Crippen molar-refractivity contribution in [3.05, 3.63) is 53.7 Å². The van der Waals surface area contributed by atoms with Crippen LogP contribution in [0.25, 0.3) is 17.1 Å². The Morgan fingerprint density at radius 3 is 2.43 bits per heavy atom. The van der Waals surface area contributed by atoms with Crippen LogP contribution in [-0.4, -0.2) is 19.7 Å². The van der Waals surface area contributed by atoms with Gasteiger partial charge in [0.25, 0.3) is 0 Å². The van der Waals surface area contributed by atoms with Crippen LogP contribution in [0.4, 0.5) is 10.2 Å². The number of nitrogens with zero attached hydrogens (tertiary/aromatic N) is 4. The molecule has 6 heteroatoms. The maximum Gasteiger partial charge on any atom is 0.159 e. The Balaban J connectivity index is 2.07. The summed E-state index contributed by atoms with van der Waals surface area (Å²) in [5.41, 5.74) is 8.31. The molecule has 21 heavy (non-hydrogen) atoms. The number of aryl methyl sites for hydroxylation is 2. The Morgan fingerprint density at radius 1 is 1.05 bits per heavy atom. The monoisotopic (exact) mass is 283 g/mol. The van der Waals surface area contributed by atoms with Gasteiger partial charge in [-0.1, -0.05) is 0 Å². The van der Waals surface area contributed by atoms with Crippen molar-refractivity contribution in [1.29, 1.82) is 0 Å². The molecule has 0 unspecified atom stereocenters. The van der Waals surface area contributed by atoms with Crippen LogP contribution < -0.4 is 5.73 Å². The van der Waals surface area contributed by atoms with Crippen LogP contribution in [0.5, 0.6) is 0 Å². The SMILES string of the molecule is Cc1cc(-n2nc(-c3ccc(F)cc3)cc2N)nc(C)n1. The lowest BCUT2D eigenvalue weighted by Crippen LogP contribution is -2.06. The summed E-state index contributed by atoms with van der Waals surface area (Å²) in [6.45, 7) is 3.70. The molecule has 2 aromatic heterocycles. The molecule has 0 aliphatic rings. The number of nitrogen functional groups attached to an aromatic ring is 1. The van der Waals surface area contributed by atoms with Gasteiger partial charge in [-0.3, -0.25) is 0 Å². The van der Waals surface area contributed by atoms with Crippen molar-refractivity contribution in [2.24, 2.45) is 0 Å². The van der Waals surface area contributed by atoms with Crippen LogP contribution in [-0.2, 0) is 0 Å². The average molecular weight is 283 g/mol. The molecule has 0 atom stereocenters. The first-order valence-corrected chi connectivity index (χ1v) is 6.47. The molecule has 106 valence electrons. The van der Waals surface area contributed by atoms with Crippen LogP contribution in [0.2, 0.25) is 0 Å². The summed E-state index contributed by atoms with van der Waals surface area (Å²) in [7, 11) is 0. The van der Waals surface area contributed by atoms with E-state index in [1.54, 1.807) is 22.9 Å². The van der Waals surface area contributed by atoms with E-state index in [1.807, 2.05) is 19.9 Å². The average Bonchev–Trinajstić information content (AvgIpc) is 2.80. The molecule has 2 N–H and O–H groups in total. The number of hydrogen-bond donors (Lipinski definition) is 1. The normalized spacial score (nSPS) is 10.8. The number of anilines is 1. The molecule has 0 aliphatic carbocycles. The highest BCUT2D eigenvalue weighted by Gasteiger charge is 2.11. The highest BCUT2D eigenvalue weighted by molar-refractivity contribution is 5.63. The first-order chi connectivity index (χ1) is 10.0. The minimum absolute atomic E-state index is 0.284. The quantitative estimate of drug-likeness (QED) is 0.785. The van der Waals surface area contributed by atoms with Gasteiger partial charge in [0.2, 0.25) is 0 Å². The van der Waals surface area contributed by atoms with E-state index in [4.69, 9.17) is 5.73 Å². The fourth-order valence-electron chi connectivity index (χ4n) is 2.15. The van der Waals surface area contributed by atoms with E-state index in [2.05, 4.69) is 15.1 Å². The maximum atomic E-state index is 13.0. The third-order valence-electron chi connectivity index (χ3n) is 3.05. The fraction of sp³-hybridized carbons (Fsp3) is 0.133. The van der Waals surface area contributed by atoms with Gasteiger partial charge in [0, 0.05) is 23.4 Å². The van der Waals surface area contributed by atoms with Gasteiger partial charge in [0.05, 0.1) is 5.69 Å². The summed E-state index contributed by atoms with van der Waals surface area (Å²) >= 11 is 0. The van der Waals surface area contributed by atoms with E-state index < -0.39 is 0 Å². The van der Waals surface area contributed by atoms with Gasteiger partial charge in [0.15, 0.2) is 5.82 Å². The number of rotatable bonds is 2. The zero-order valence-electron chi connectivity index (χ0n) is 11.7. The van der Waals surface area contributed by atoms with Crippen molar-refractivity contribution in [2.75, 3.05) is 5.73 Å². The van der Waals surface area contributed by atoms with Crippen molar-refractivity contribution in [1.82, 2.24) is 19.7 Å². The van der Waals surface area contributed by atoms with Gasteiger partial charge in [-0.25, -0.2) is 14.4 Å². The van der Waals surface area contributed by atoms with Crippen LogP contribution in [0, 0.1) is 19.7 Å². The highest BCUT2D eigenvalue weighted by Crippen LogP contribution is 2.22. The predicted octanol–water partition coefficient (Wildman–Crippen LogP) is 2.67. The number of halogens is 1. The van der Waals surface area contributed by atoms with Crippen LogP contribution in [0.1, 0.15) is 11.5 Å². The molecule has 0 saturated heterocycles. The lowest BCUT2D eigenvalue weighted by atomic mass is 10.1. The van der Waals surface area contributed by atoms with Crippen molar-refractivity contribution in [2.45, 2.75) is 13.8 Å². The molecule has 0 fully saturated rings. The number of benzene rings is 1. The second-order valence-corrected chi connectivity index (χ2v) is 4.79. The van der Waals surface area contributed by atoms with Crippen LogP contribution >= 0.6 is 0 Å². The van der Waals surface area contributed by atoms with Crippen molar-refractivity contribution in [3.63, 3.8) is 0 Å². The Labute approximate surface area is 121 Å². The van der Waals surface area contributed by atoms with Crippen LogP contribution in [0.15, 0.2) is 36.4 Å². The van der Waals surface area contributed by atoms with E-state index in [1.165, 1.54) is 12.1 Å². The molecule has 2 heterocycles. The second-order valence-electron chi connectivity index (χ2n) is 4.79. The van der Waals surface area contributed by atoms with E-state index in [9.17, 15) is 4.39 Å². The summed E-state index contributed by atoms with van der Waals surface area (Å²) in [5.74, 6) is 1.45. The molecule has 5 nitrogen and oxygen atoms in total. The van der Waals surface area contributed by atoms with Crippen molar-refractivity contribution >= 4 is 5.82 Å². The first-order valence-electron chi connectivity index (χ1n) is 6.47. The van der Waals surface area contributed by atoms with E-state index in [0.717, 1.165) is 11.3 Å². The topological polar surface area (TPSA) is 69.6 Å². The largest absolute Gasteiger partial charge is 0.384 e. The fourth-order valence-corrected chi connectivity index (χ4v) is 2.15. The predicted molar refractivity (Wildman–Crippen MR) is 78.4 cm³/mol. The highest BCUT2D eigenvalue weighted by atomic mass is 19.1. The lowest BCUT2D eigenvalue weighted by molar-refractivity contribution is 0.628. The molecule has 0 aliphatic heterocycles. The molecular weight excluding hydrogens is 269 g/mol. The third kappa shape index (κ3) is 2.60. The van der Waals surface area contributed by atoms with Crippen molar-refractivity contribution < 1.29 is 4.39 Å². The summed E-state index contributed by atoms with van der Waals surface area (Å²) in [4.78, 5) is 8.56. The zero-order chi connectivity index (χ0) is 15.0. The summed E-state index contributed by atoms with van der Waals surface area (Å²) in [6.07, 6.45) is 0. The minimum Gasteiger partial charge on any atom is -0.384 e. The Morgan fingerprint density at radius 2 is 1.76 bits per heavy atom. The standard InChI is InChI=1S/C15H14FN5/c1-9-7-15(19-10(2)18-9)21-14(17)8-13(20-21)11-3-5-12(16)6-4-11/h3-8H,17H2,1-2H3. The molecule has 0 radical (unpaired) electrons. The number of nitrogens with two attached hydrogens (primary N) is 1. The molecule has 0 spiro atoms. The van der Waals surface area contributed by atoms with Crippen LogP contribution in [0.3, 0.4) is 0 Å². The van der Waals surface area contributed by atoms with Gasteiger partial charge in [0.1, 0.15) is 17.5 Å². The van der Waals surface area contributed by atoms with Gasteiger partial charge < -0.3 is 5.73 Å². The lowest BCUT2D eigenvalue weighted by Gasteiger charge is -2.04. The Hall–Kier alpha value is -2.76. The van der Waals surface area contributed by atoms with Crippen molar-refractivity contribution in [3.8, 4) is 17.1 Å². The van der Waals surface area contributed by atoms with Gasteiger partial charge >= 0.3 is 0 Å². The number of aromatic nitrogens is 4. The third-order valence-corrected chi connectivity index (χ3v) is 3.05. The van der Waals surface area contributed by atoms with E-state index >= 15 is 0 Å². The molecule has 3 rings (SSSR count).